The van der Waals surface area contributed by atoms with Gasteiger partial charge < -0.3 is 5.32 Å². The van der Waals surface area contributed by atoms with Crippen LogP contribution < -0.4 is 5.32 Å². The molecule has 2 heterocycles. The van der Waals surface area contributed by atoms with Crippen LogP contribution in [0.1, 0.15) is 27.2 Å². The molecule has 0 spiro atoms. The van der Waals surface area contributed by atoms with Gasteiger partial charge in [-0.3, -0.25) is 4.90 Å². The second-order valence-corrected chi connectivity index (χ2v) is 8.38. The molecule has 0 bridgehead atoms. The molecule has 0 aromatic carbocycles. The second kappa shape index (κ2) is 6.18. The van der Waals surface area contributed by atoms with Crippen LogP contribution >= 0.6 is 23.5 Å². The Bertz CT molecular complexity index is 240. The minimum Gasteiger partial charge on any atom is -0.309 e. The molecular weight excluding hydrogens is 248 g/mol. The van der Waals surface area contributed by atoms with Gasteiger partial charge in [-0.2, -0.15) is 23.5 Å². The number of hydrogen-bond acceptors (Lipinski definition) is 4. The smallest absolute Gasteiger partial charge is 0.0265 e. The first-order valence-corrected chi connectivity index (χ1v) is 8.99. The van der Waals surface area contributed by atoms with Crippen LogP contribution in [0, 0.1) is 0 Å². The monoisotopic (exact) mass is 274 g/mol. The summed E-state index contributed by atoms with van der Waals surface area (Å²) in [6.07, 6.45) is 1.27. The zero-order valence-electron chi connectivity index (χ0n) is 11.4. The summed E-state index contributed by atoms with van der Waals surface area (Å²) in [7, 11) is 0. The lowest BCUT2D eigenvalue weighted by Crippen LogP contribution is -2.62. The third-order valence-corrected chi connectivity index (χ3v) is 6.55. The molecule has 2 saturated heterocycles. The van der Waals surface area contributed by atoms with E-state index in [-0.39, 0.29) is 5.54 Å². The summed E-state index contributed by atoms with van der Waals surface area (Å²) >= 11 is 4.32. The van der Waals surface area contributed by atoms with Crippen molar-refractivity contribution < 1.29 is 0 Å². The minimum atomic E-state index is 0.290. The number of nitrogens with one attached hydrogen (secondary N) is 1. The van der Waals surface area contributed by atoms with Gasteiger partial charge in [-0.25, -0.2) is 0 Å². The number of hydrogen-bond donors (Lipinski definition) is 1. The zero-order chi connectivity index (χ0) is 12.3. The van der Waals surface area contributed by atoms with Gasteiger partial charge in [0.05, 0.1) is 0 Å². The lowest BCUT2D eigenvalue weighted by atomic mass is 9.97. The number of thioether (sulfide) groups is 2. The molecule has 1 N–H and O–H groups in total. The predicted molar refractivity (Wildman–Crippen MR) is 81.3 cm³/mol. The highest BCUT2D eigenvalue weighted by atomic mass is 32.2. The maximum Gasteiger partial charge on any atom is 0.0265 e. The van der Waals surface area contributed by atoms with Crippen LogP contribution in [0.15, 0.2) is 0 Å². The standard InChI is InChI=1S/C13H26N2S2/c1-4-11-7-14-13(2,3)10-15(11)8-12-9-16-5-6-17-12/h11-12,14H,4-10H2,1-3H3. The molecule has 0 aliphatic carbocycles. The Morgan fingerprint density at radius 1 is 1.35 bits per heavy atom. The Kier molecular flexibility index (Phi) is 5.10. The van der Waals surface area contributed by atoms with Crippen molar-refractivity contribution in [3.8, 4) is 0 Å². The summed E-state index contributed by atoms with van der Waals surface area (Å²) in [6.45, 7) is 10.6. The summed E-state index contributed by atoms with van der Waals surface area (Å²) in [5.41, 5.74) is 0.290. The maximum absolute atomic E-state index is 3.67. The largest absolute Gasteiger partial charge is 0.309 e. The molecule has 0 radical (unpaired) electrons. The summed E-state index contributed by atoms with van der Waals surface area (Å²) in [4.78, 5) is 2.74. The van der Waals surface area contributed by atoms with Crippen molar-refractivity contribution in [3.05, 3.63) is 0 Å². The Morgan fingerprint density at radius 3 is 2.82 bits per heavy atom. The van der Waals surface area contributed by atoms with E-state index in [1.807, 2.05) is 0 Å². The minimum absolute atomic E-state index is 0.290. The van der Waals surface area contributed by atoms with E-state index in [4.69, 9.17) is 0 Å². The molecule has 100 valence electrons. The van der Waals surface area contributed by atoms with Gasteiger partial charge in [-0.1, -0.05) is 6.92 Å². The molecule has 17 heavy (non-hydrogen) atoms. The fourth-order valence-electron chi connectivity index (χ4n) is 2.74. The molecule has 0 amide bonds. The molecule has 2 atom stereocenters. The van der Waals surface area contributed by atoms with E-state index >= 15 is 0 Å². The van der Waals surface area contributed by atoms with Gasteiger partial charge in [-0.15, -0.1) is 0 Å². The van der Waals surface area contributed by atoms with Crippen LogP contribution in [0.4, 0.5) is 0 Å². The maximum atomic E-state index is 3.67. The van der Waals surface area contributed by atoms with Crippen molar-refractivity contribution in [1.29, 1.82) is 0 Å². The number of piperazine rings is 1. The topological polar surface area (TPSA) is 15.3 Å². The van der Waals surface area contributed by atoms with Crippen LogP contribution in [0.3, 0.4) is 0 Å². The Hall–Kier alpha value is 0.620. The highest BCUT2D eigenvalue weighted by molar-refractivity contribution is 8.06. The summed E-state index contributed by atoms with van der Waals surface area (Å²) in [6, 6.07) is 0.746. The van der Waals surface area contributed by atoms with Crippen molar-refractivity contribution in [2.75, 3.05) is 36.9 Å². The molecule has 0 aromatic heterocycles. The molecule has 2 rings (SSSR count). The third-order valence-electron chi connectivity index (χ3n) is 3.73. The van der Waals surface area contributed by atoms with Crippen LogP contribution in [-0.2, 0) is 0 Å². The average Bonchev–Trinajstić information content (AvgIpc) is 2.30. The molecule has 0 saturated carbocycles. The SMILES string of the molecule is CCC1CNC(C)(C)CN1CC1CSCCS1. The van der Waals surface area contributed by atoms with Crippen LogP contribution in [-0.4, -0.2) is 58.6 Å². The van der Waals surface area contributed by atoms with Gasteiger partial charge in [0, 0.05) is 53.7 Å². The fourth-order valence-corrected chi connectivity index (χ4v) is 5.43. The highest BCUT2D eigenvalue weighted by Gasteiger charge is 2.33. The van der Waals surface area contributed by atoms with Gasteiger partial charge >= 0.3 is 0 Å². The fraction of sp³-hybridized carbons (Fsp3) is 1.00. The van der Waals surface area contributed by atoms with E-state index in [1.54, 1.807) is 0 Å². The molecular formula is C13H26N2S2. The van der Waals surface area contributed by atoms with Crippen molar-refractivity contribution in [1.82, 2.24) is 10.2 Å². The van der Waals surface area contributed by atoms with Gasteiger partial charge in [0.25, 0.3) is 0 Å². The molecule has 2 aliphatic heterocycles. The first-order chi connectivity index (χ1) is 8.11. The molecule has 4 heteroatoms. The van der Waals surface area contributed by atoms with Crippen LogP contribution in [0.25, 0.3) is 0 Å². The lowest BCUT2D eigenvalue weighted by molar-refractivity contribution is 0.0945. The molecule has 2 unspecified atom stereocenters. The van der Waals surface area contributed by atoms with E-state index in [0.29, 0.717) is 0 Å². The van der Waals surface area contributed by atoms with Crippen LogP contribution in [0.2, 0.25) is 0 Å². The van der Waals surface area contributed by atoms with Gasteiger partial charge in [0.2, 0.25) is 0 Å². The third kappa shape index (κ3) is 4.05. The van der Waals surface area contributed by atoms with Crippen molar-refractivity contribution >= 4 is 23.5 Å². The molecule has 2 aliphatic rings. The molecule has 2 fully saturated rings. The van der Waals surface area contributed by atoms with Gasteiger partial charge in [-0.05, 0) is 20.3 Å². The predicted octanol–water partition coefficient (Wildman–Crippen LogP) is 2.30. The quantitative estimate of drug-likeness (QED) is 0.849. The zero-order valence-corrected chi connectivity index (χ0v) is 13.0. The number of nitrogens with zero attached hydrogens (tertiary/aromatic N) is 1. The highest BCUT2D eigenvalue weighted by Crippen LogP contribution is 2.27. The van der Waals surface area contributed by atoms with E-state index in [0.717, 1.165) is 17.8 Å². The molecule has 2 nitrogen and oxygen atoms in total. The summed E-state index contributed by atoms with van der Waals surface area (Å²) in [5, 5.41) is 4.53. The molecule has 0 aromatic rings. The van der Waals surface area contributed by atoms with Gasteiger partial charge in [0.15, 0.2) is 0 Å². The van der Waals surface area contributed by atoms with E-state index in [1.165, 1.54) is 36.8 Å². The van der Waals surface area contributed by atoms with E-state index < -0.39 is 0 Å². The van der Waals surface area contributed by atoms with Crippen molar-refractivity contribution in [3.63, 3.8) is 0 Å². The van der Waals surface area contributed by atoms with Crippen molar-refractivity contribution in [2.45, 2.75) is 44.0 Å². The Balaban J connectivity index is 1.90. The summed E-state index contributed by atoms with van der Waals surface area (Å²) < 4.78 is 0. The van der Waals surface area contributed by atoms with E-state index in [2.05, 4.69) is 54.5 Å². The van der Waals surface area contributed by atoms with Crippen molar-refractivity contribution in [2.24, 2.45) is 0 Å². The Labute approximate surface area is 115 Å². The lowest BCUT2D eigenvalue weighted by Gasteiger charge is -2.45. The average molecular weight is 274 g/mol. The first kappa shape index (κ1) is 14.0. The Morgan fingerprint density at radius 2 is 2.18 bits per heavy atom. The van der Waals surface area contributed by atoms with Crippen LogP contribution in [0.5, 0.6) is 0 Å². The normalized spacial score (nSPS) is 34.8. The second-order valence-electron chi connectivity index (χ2n) is 5.82. The van der Waals surface area contributed by atoms with E-state index in [9.17, 15) is 0 Å². The number of rotatable bonds is 3. The van der Waals surface area contributed by atoms with Gasteiger partial charge in [0.1, 0.15) is 0 Å². The summed E-state index contributed by atoms with van der Waals surface area (Å²) in [5.74, 6) is 4.05. The first-order valence-electron chi connectivity index (χ1n) is 6.79.